The van der Waals surface area contributed by atoms with Crippen LogP contribution in [0.4, 0.5) is 10.5 Å². The molecule has 1 aliphatic heterocycles. The summed E-state index contributed by atoms with van der Waals surface area (Å²) in [4.78, 5) is 14.4. The first-order valence-corrected chi connectivity index (χ1v) is 7.58. The summed E-state index contributed by atoms with van der Waals surface area (Å²) >= 11 is 5.85. The van der Waals surface area contributed by atoms with Crippen molar-refractivity contribution in [3.05, 3.63) is 29.3 Å². The van der Waals surface area contributed by atoms with Gasteiger partial charge in [-0.05, 0) is 37.1 Å². The molecule has 0 aliphatic carbocycles. The van der Waals surface area contributed by atoms with Gasteiger partial charge in [-0.2, -0.15) is 0 Å². The van der Waals surface area contributed by atoms with Gasteiger partial charge in [0.25, 0.3) is 0 Å². The van der Waals surface area contributed by atoms with Crippen LogP contribution in [0, 0.1) is 0 Å². The Kier molecular flexibility index (Phi) is 5.26. The van der Waals surface area contributed by atoms with Crippen molar-refractivity contribution in [1.29, 1.82) is 0 Å². The van der Waals surface area contributed by atoms with Gasteiger partial charge >= 0.3 is 6.03 Å². The molecule has 2 atom stereocenters. The van der Waals surface area contributed by atoms with E-state index in [0.717, 1.165) is 31.6 Å². The lowest BCUT2D eigenvalue weighted by atomic mass is 10.1. The first-order chi connectivity index (χ1) is 9.63. The summed E-state index contributed by atoms with van der Waals surface area (Å²) in [5.74, 6) is 0. The van der Waals surface area contributed by atoms with Gasteiger partial charge in [-0.1, -0.05) is 25.4 Å². The number of urea groups is 1. The molecule has 2 rings (SSSR count). The number of amides is 2. The van der Waals surface area contributed by atoms with Crippen molar-refractivity contribution in [2.75, 3.05) is 18.4 Å². The molecule has 20 heavy (non-hydrogen) atoms. The molecule has 1 aliphatic rings. The van der Waals surface area contributed by atoms with Crippen molar-refractivity contribution in [3.63, 3.8) is 0 Å². The first-order valence-electron chi connectivity index (χ1n) is 7.20. The lowest BCUT2D eigenvalue weighted by Crippen LogP contribution is -2.58. The average molecular weight is 296 g/mol. The van der Waals surface area contributed by atoms with Crippen molar-refractivity contribution < 1.29 is 4.79 Å². The van der Waals surface area contributed by atoms with Gasteiger partial charge in [-0.15, -0.1) is 0 Å². The Morgan fingerprint density at radius 1 is 1.35 bits per heavy atom. The highest BCUT2D eigenvalue weighted by atomic mass is 35.5. The molecule has 2 amide bonds. The van der Waals surface area contributed by atoms with Crippen LogP contribution in [0.2, 0.25) is 5.02 Å². The second kappa shape index (κ2) is 6.95. The summed E-state index contributed by atoms with van der Waals surface area (Å²) in [6, 6.07) is 7.81. The molecule has 110 valence electrons. The Labute approximate surface area is 125 Å². The molecule has 1 aromatic rings. The molecule has 2 N–H and O–H groups in total. The molecule has 0 bridgehead atoms. The molecule has 1 heterocycles. The highest BCUT2D eigenvalue weighted by molar-refractivity contribution is 6.30. The number of nitrogens with zero attached hydrogens (tertiary/aromatic N) is 1. The van der Waals surface area contributed by atoms with Crippen molar-refractivity contribution >= 4 is 23.3 Å². The van der Waals surface area contributed by atoms with Crippen molar-refractivity contribution in [2.24, 2.45) is 0 Å². The van der Waals surface area contributed by atoms with E-state index in [1.807, 2.05) is 17.0 Å². The molecule has 4 nitrogen and oxygen atoms in total. The molecule has 1 fully saturated rings. The lowest BCUT2D eigenvalue weighted by Gasteiger charge is -2.39. The monoisotopic (exact) mass is 295 g/mol. The molecule has 0 radical (unpaired) electrons. The average Bonchev–Trinajstić information content (AvgIpc) is 2.48. The third kappa shape index (κ3) is 3.64. The van der Waals surface area contributed by atoms with E-state index in [1.165, 1.54) is 0 Å². The molecular weight excluding hydrogens is 274 g/mol. The van der Waals surface area contributed by atoms with Gasteiger partial charge in [0.15, 0.2) is 0 Å². The minimum absolute atomic E-state index is 0.0286. The van der Waals surface area contributed by atoms with Crippen molar-refractivity contribution in [2.45, 2.75) is 38.8 Å². The van der Waals surface area contributed by atoms with Crippen LogP contribution >= 0.6 is 11.6 Å². The summed E-state index contributed by atoms with van der Waals surface area (Å²) in [7, 11) is 0. The van der Waals surface area contributed by atoms with Gasteiger partial charge in [0.2, 0.25) is 0 Å². The largest absolute Gasteiger partial charge is 0.322 e. The second-order valence-electron chi connectivity index (χ2n) is 5.16. The predicted octanol–water partition coefficient (Wildman–Crippen LogP) is 3.33. The summed E-state index contributed by atoms with van der Waals surface area (Å²) in [6.45, 7) is 5.87. The zero-order valence-corrected chi connectivity index (χ0v) is 12.8. The van der Waals surface area contributed by atoms with Crippen molar-refractivity contribution in [3.8, 4) is 0 Å². The predicted molar refractivity (Wildman–Crippen MR) is 83.3 cm³/mol. The number of rotatable bonds is 3. The number of piperazine rings is 1. The van der Waals surface area contributed by atoms with E-state index in [2.05, 4.69) is 24.5 Å². The minimum Gasteiger partial charge on any atom is -0.319 e. The molecule has 0 spiro atoms. The Morgan fingerprint density at radius 3 is 2.65 bits per heavy atom. The molecule has 5 heteroatoms. The van der Waals surface area contributed by atoms with Crippen molar-refractivity contribution in [1.82, 2.24) is 10.2 Å². The first kappa shape index (κ1) is 15.1. The maximum absolute atomic E-state index is 12.4. The number of benzene rings is 1. The lowest BCUT2D eigenvalue weighted by molar-refractivity contribution is 0.147. The number of carbonyl (C=O) groups excluding carboxylic acids is 1. The minimum atomic E-state index is -0.0286. The zero-order valence-electron chi connectivity index (χ0n) is 12.0. The smallest absolute Gasteiger partial charge is 0.319 e. The summed E-state index contributed by atoms with van der Waals surface area (Å²) < 4.78 is 0. The van der Waals surface area contributed by atoms with Crippen LogP contribution in [0.25, 0.3) is 0 Å². The highest BCUT2D eigenvalue weighted by Crippen LogP contribution is 2.17. The van der Waals surface area contributed by atoms with Gasteiger partial charge in [0.1, 0.15) is 0 Å². The number of anilines is 1. The normalized spacial score (nSPS) is 22.6. The van der Waals surface area contributed by atoms with E-state index in [0.29, 0.717) is 11.1 Å². The SMILES string of the molecule is CCC1CN(C(=O)Nc2ccc(Cl)cc2)C(CC)CN1. The van der Waals surface area contributed by atoms with E-state index in [-0.39, 0.29) is 12.1 Å². The number of halogens is 1. The Morgan fingerprint density at radius 2 is 2.05 bits per heavy atom. The third-order valence-electron chi connectivity index (χ3n) is 3.82. The fourth-order valence-electron chi connectivity index (χ4n) is 2.48. The third-order valence-corrected chi connectivity index (χ3v) is 4.07. The van der Waals surface area contributed by atoms with Crippen LogP contribution < -0.4 is 10.6 Å². The molecule has 1 aromatic carbocycles. The van der Waals surface area contributed by atoms with E-state index in [9.17, 15) is 4.79 Å². The second-order valence-corrected chi connectivity index (χ2v) is 5.60. The van der Waals surface area contributed by atoms with Crippen LogP contribution in [-0.4, -0.2) is 36.1 Å². The van der Waals surface area contributed by atoms with Gasteiger partial charge in [-0.3, -0.25) is 0 Å². The van der Waals surface area contributed by atoms with Gasteiger partial charge < -0.3 is 15.5 Å². The molecule has 0 saturated carbocycles. The van der Waals surface area contributed by atoms with E-state index in [4.69, 9.17) is 11.6 Å². The zero-order chi connectivity index (χ0) is 14.5. The summed E-state index contributed by atoms with van der Waals surface area (Å²) in [5, 5.41) is 7.10. The van der Waals surface area contributed by atoms with Gasteiger partial charge in [-0.25, -0.2) is 4.79 Å². The van der Waals surface area contributed by atoms with E-state index < -0.39 is 0 Å². The summed E-state index contributed by atoms with van der Waals surface area (Å²) in [5.41, 5.74) is 0.779. The standard InChI is InChI=1S/C15H22ClN3O/c1-3-12-10-19(14(4-2)9-17-12)15(20)18-13-7-5-11(16)6-8-13/h5-8,12,14,17H,3-4,9-10H2,1-2H3,(H,18,20). The fraction of sp³-hybridized carbons (Fsp3) is 0.533. The molecule has 2 unspecified atom stereocenters. The number of hydrogen-bond acceptors (Lipinski definition) is 2. The van der Waals surface area contributed by atoms with Crippen LogP contribution in [-0.2, 0) is 0 Å². The Bertz CT molecular complexity index is 449. The molecule has 0 aromatic heterocycles. The number of nitrogens with one attached hydrogen (secondary N) is 2. The van der Waals surface area contributed by atoms with Gasteiger partial charge in [0, 0.05) is 35.9 Å². The van der Waals surface area contributed by atoms with E-state index >= 15 is 0 Å². The highest BCUT2D eigenvalue weighted by Gasteiger charge is 2.29. The van der Waals surface area contributed by atoms with Crippen LogP contribution in [0.5, 0.6) is 0 Å². The number of hydrogen-bond donors (Lipinski definition) is 2. The topological polar surface area (TPSA) is 44.4 Å². The Hall–Kier alpha value is -1.26. The quantitative estimate of drug-likeness (QED) is 0.898. The van der Waals surface area contributed by atoms with Gasteiger partial charge in [0.05, 0.1) is 0 Å². The fourth-order valence-corrected chi connectivity index (χ4v) is 2.61. The van der Waals surface area contributed by atoms with Crippen LogP contribution in [0.15, 0.2) is 24.3 Å². The summed E-state index contributed by atoms with van der Waals surface area (Å²) in [6.07, 6.45) is 1.98. The number of carbonyl (C=O) groups is 1. The van der Waals surface area contributed by atoms with Crippen LogP contribution in [0.1, 0.15) is 26.7 Å². The van der Waals surface area contributed by atoms with E-state index in [1.54, 1.807) is 12.1 Å². The molecular formula is C15H22ClN3O. The Balaban J connectivity index is 2.03. The maximum Gasteiger partial charge on any atom is 0.322 e. The van der Waals surface area contributed by atoms with Crippen LogP contribution in [0.3, 0.4) is 0 Å². The molecule has 1 saturated heterocycles. The maximum atomic E-state index is 12.4.